The molecular weight excluding hydrogens is 312 g/mol. The summed E-state index contributed by atoms with van der Waals surface area (Å²) in [4.78, 5) is 5.17. The number of thiophene rings is 1. The number of aromatic nitrogens is 2. The van der Waals surface area contributed by atoms with Crippen molar-refractivity contribution in [2.45, 2.75) is 12.7 Å². The van der Waals surface area contributed by atoms with Gasteiger partial charge in [0.1, 0.15) is 18.5 Å². The number of nitrogens with zero attached hydrogens (tertiary/aromatic N) is 2. The molecule has 5 nitrogen and oxygen atoms in total. The van der Waals surface area contributed by atoms with Crippen LogP contribution in [0.25, 0.3) is 5.69 Å². The maximum absolute atomic E-state index is 9.93. The summed E-state index contributed by atoms with van der Waals surface area (Å²) in [6.45, 7) is 0.960. The fourth-order valence-electron chi connectivity index (χ4n) is 2.08. The molecule has 0 saturated heterocycles. The van der Waals surface area contributed by atoms with Gasteiger partial charge in [-0.1, -0.05) is 12.1 Å². The lowest BCUT2D eigenvalue weighted by atomic mass is 10.3. The molecule has 0 fully saturated rings. The van der Waals surface area contributed by atoms with E-state index in [4.69, 9.17) is 9.47 Å². The number of imidazole rings is 1. The molecule has 1 aromatic carbocycles. The van der Waals surface area contributed by atoms with Gasteiger partial charge in [-0.2, -0.15) is 0 Å². The van der Waals surface area contributed by atoms with Crippen molar-refractivity contribution in [1.82, 2.24) is 9.55 Å². The summed E-state index contributed by atoms with van der Waals surface area (Å²) >= 11 is 1.64. The molecule has 0 aliphatic heterocycles. The van der Waals surface area contributed by atoms with Crippen molar-refractivity contribution in [3.8, 4) is 11.4 Å². The predicted molar refractivity (Wildman–Crippen MR) is 89.0 cm³/mol. The molecule has 1 unspecified atom stereocenters. The third-order valence-corrected chi connectivity index (χ3v) is 4.05. The van der Waals surface area contributed by atoms with Crippen LogP contribution in [0.3, 0.4) is 0 Å². The van der Waals surface area contributed by atoms with Gasteiger partial charge in [0.25, 0.3) is 0 Å². The normalized spacial score (nSPS) is 12.2. The Balaban J connectivity index is 1.45. The van der Waals surface area contributed by atoms with Crippen molar-refractivity contribution >= 4 is 11.3 Å². The molecule has 6 heteroatoms. The van der Waals surface area contributed by atoms with Crippen molar-refractivity contribution in [3.63, 3.8) is 0 Å². The maximum atomic E-state index is 9.93. The second kappa shape index (κ2) is 7.92. The van der Waals surface area contributed by atoms with E-state index in [2.05, 4.69) is 4.98 Å². The Hall–Kier alpha value is -2.15. The van der Waals surface area contributed by atoms with Gasteiger partial charge in [0.15, 0.2) is 0 Å². The molecule has 0 bridgehead atoms. The SMILES string of the molecule is OC(COCc1cccs1)COc1cccc(-n2ccnc2)c1. The lowest BCUT2D eigenvalue weighted by molar-refractivity contribution is 0.00625. The zero-order valence-corrected chi connectivity index (χ0v) is 13.4. The third-order valence-electron chi connectivity index (χ3n) is 3.20. The molecule has 3 aromatic rings. The first kappa shape index (κ1) is 15.7. The van der Waals surface area contributed by atoms with E-state index in [0.717, 1.165) is 10.6 Å². The molecule has 120 valence electrons. The van der Waals surface area contributed by atoms with Crippen LogP contribution < -0.4 is 4.74 Å². The molecule has 2 heterocycles. The molecule has 3 rings (SSSR count). The Morgan fingerprint density at radius 2 is 2.17 bits per heavy atom. The molecule has 1 N–H and O–H groups in total. The largest absolute Gasteiger partial charge is 0.491 e. The minimum atomic E-state index is -0.660. The second-order valence-electron chi connectivity index (χ2n) is 5.03. The Morgan fingerprint density at radius 3 is 2.96 bits per heavy atom. The Labute approximate surface area is 138 Å². The van der Waals surface area contributed by atoms with Crippen LogP contribution in [-0.4, -0.2) is 34.0 Å². The first-order valence-electron chi connectivity index (χ1n) is 7.30. The molecule has 0 spiro atoms. The Bertz CT molecular complexity index is 698. The highest BCUT2D eigenvalue weighted by molar-refractivity contribution is 7.09. The fraction of sp³-hybridized carbons (Fsp3) is 0.235. The van der Waals surface area contributed by atoms with Gasteiger partial charge in [-0.25, -0.2) is 4.98 Å². The number of benzene rings is 1. The highest BCUT2D eigenvalue weighted by Gasteiger charge is 2.07. The third kappa shape index (κ3) is 4.66. The van der Waals surface area contributed by atoms with Crippen molar-refractivity contribution in [3.05, 3.63) is 65.4 Å². The molecule has 1 atom stereocenters. The van der Waals surface area contributed by atoms with Crippen molar-refractivity contribution in [2.24, 2.45) is 0 Å². The summed E-state index contributed by atoms with van der Waals surface area (Å²) in [6.07, 6.45) is 4.66. The van der Waals surface area contributed by atoms with E-state index in [9.17, 15) is 5.11 Å². The summed E-state index contributed by atoms with van der Waals surface area (Å²) < 4.78 is 13.0. The van der Waals surface area contributed by atoms with Crippen LogP contribution in [0.1, 0.15) is 4.88 Å². The van der Waals surface area contributed by atoms with Crippen molar-refractivity contribution < 1.29 is 14.6 Å². The molecule has 0 aliphatic rings. The van der Waals surface area contributed by atoms with Crippen LogP contribution in [-0.2, 0) is 11.3 Å². The number of rotatable bonds is 8. The Morgan fingerprint density at radius 1 is 1.22 bits per heavy atom. The number of aliphatic hydroxyl groups is 1. The van der Waals surface area contributed by atoms with Gasteiger partial charge in [0.2, 0.25) is 0 Å². The van der Waals surface area contributed by atoms with Crippen LogP contribution in [0.5, 0.6) is 5.75 Å². The van der Waals surface area contributed by atoms with E-state index >= 15 is 0 Å². The average Bonchev–Trinajstić information content (AvgIpc) is 3.27. The zero-order chi connectivity index (χ0) is 15.9. The smallest absolute Gasteiger partial charge is 0.121 e. The van der Waals surface area contributed by atoms with E-state index in [1.165, 1.54) is 0 Å². The van der Waals surface area contributed by atoms with Gasteiger partial charge in [0, 0.05) is 23.3 Å². The van der Waals surface area contributed by atoms with Crippen molar-refractivity contribution in [1.29, 1.82) is 0 Å². The van der Waals surface area contributed by atoms with Gasteiger partial charge in [0.05, 0.1) is 25.2 Å². The van der Waals surface area contributed by atoms with Crippen LogP contribution in [0, 0.1) is 0 Å². The van der Waals surface area contributed by atoms with E-state index < -0.39 is 6.10 Å². The van der Waals surface area contributed by atoms with Crippen molar-refractivity contribution in [2.75, 3.05) is 13.2 Å². The quantitative estimate of drug-likeness (QED) is 0.690. The standard InChI is InChI=1S/C17H18N2O3S/c20-15(10-21-12-17-5-2-8-23-17)11-22-16-4-1-3-14(9-16)19-7-6-18-13-19/h1-9,13,15,20H,10-12H2. The highest BCUT2D eigenvalue weighted by atomic mass is 32.1. The molecule has 23 heavy (non-hydrogen) atoms. The Kier molecular flexibility index (Phi) is 5.42. The topological polar surface area (TPSA) is 56.5 Å². The number of hydrogen-bond acceptors (Lipinski definition) is 5. The second-order valence-corrected chi connectivity index (χ2v) is 6.06. The number of aliphatic hydroxyl groups excluding tert-OH is 1. The van der Waals surface area contributed by atoms with E-state index in [1.54, 1.807) is 23.9 Å². The van der Waals surface area contributed by atoms with Crippen LogP contribution in [0.15, 0.2) is 60.5 Å². The summed E-state index contributed by atoms with van der Waals surface area (Å²) in [5.41, 5.74) is 0.962. The van der Waals surface area contributed by atoms with Crippen LogP contribution in [0.2, 0.25) is 0 Å². The molecule has 0 saturated carbocycles. The molecule has 0 amide bonds. The van der Waals surface area contributed by atoms with E-state index in [1.807, 2.05) is 52.5 Å². The number of ether oxygens (including phenoxy) is 2. The van der Waals surface area contributed by atoms with Gasteiger partial charge < -0.3 is 19.1 Å². The highest BCUT2D eigenvalue weighted by Crippen LogP contribution is 2.17. The van der Waals surface area contributed by atoms with Gasteiger partial charge in [-0.3, -0.25) is 0 Å². The monoisotopic (exact) mass is 330 g/mol. The van der Waals surface area contributed by atoms with E-state index in [-0.39, 0.29) is 13.2 Å². The van der Waals surface area contributed by atoms with Crippen LogP contribution >= 0.6 is 11.3 Å². The lowest BCUT2D eigenvalue weighted by Crippen LogP contribution is -2.23. The summed E-state index contributed by atoms with van der Waals surface area (Å²) in [7, 11) is 0. The van der Waals surface area contributed by atoms with Crippen LogP contribution in [0.4, 0.5) is 0 Å². The number of hydrogen-bond donors (Lipinski definition) is 1. The molecule has 2 aromatic heterocycles. The zero-order valence-electron chi connectivity index (χ0n) is 12.5. The first-order chi connectivity index (χ1) is 11.3. The molecule has 0 radical (unpaired) electrons. The maximum Gasteiger partial charge on any atom is 0.121 e. The summed E-state index contributed by atoms with van der Waals surface area (Å²) in [5, 5.41) is 11.9. The minimum Gasteiger partial charge on any atom is -0.491 e. The molecular formula is C17H18N2O3S. The predicted octanol–water partition coefficient (Wildman–Crippen LogP) is 2.89. The summed E-state index contributed by atoms with van der Waals surface area (Å²) in [6, 6.07) is 11.6. The summed E-state index contributed by atoms with van der Waals surface area (Å²) in [5.74, 6) is 0.702. The molecule has 0 aliphatic carbocycles. The van der Waals surface area contributed by atoms with E-state index in [0.29, 0.717) is 12.4 Å². The van der Waals surface area contributed by atoms with Gasteiger partial charge in [-0.05, 0) is 23.6 Å². The fourth-order valence-corrected chi connectivity index (χ4v) is 2.72. The minimum absolute atomic E-state index is 0.192. The van der Waals surface area contributed by atoms with Gasteiger partial charge in [-0.15, -0.1) is 11.3 Å². The first-order valence-corrected chi connectivity index (χ1v) is 8.18. The lowest BCUT2D eigenvalue weighted by Gasteiger charge is -2.13. The van der Waals surface area contributed by atoms with Gasteiger partial charge >= 0.3 is 0 Å². The average molecular weight is 330 g/mol.